The molecule has 2 aromatic rings. The van der Waals surface area contributed by atoms with Crippen molar-refractivity contribution in [1.29, 1.82) is 0 Å². The molecule has 0 spiro atoms. The van der Waals surface area contributed by atoms with Gasteiger partial charge in [0.15, 0.2) is 0 Å². The zero-order valence-corrected chi connectivity index (χ0v) is 9.38. The number of nitrogens with zero attached hydrogens (tertiary/aromatic N) is 2. The van der Waals surface area contributed by atoms with Crippen LogP contribution in [0.2, 0.25) is 0 Å². The van der Waals surface area contributed by atoms with Gasteiger partial charge in [0, 0.05) is 5.56 Å². The number of benzene rings is 1. The van der Waals surface area contributed by atoms with Gasteiger partial charge in [-0.25, -0.2) is 4.98 Å². The highest BCUT2D eigenvalue weighted by molar-refractivity contribution is 5.69. The lowest BCUT2D eigenvalue weighted by Crippen LogP contribution is -2.31. The maximum absolute atomic E-state index is 10.3. The quantitative estimate of drug-likeness (QED) is 0.790. The maximum Gasteiger partial charge on any atom is 0.0957 e. The number of aromatic nitrogens is 2. The van der Waals surface area contributed by atoms with E-state index in [0.29, 0.717) is 0 Å². The van der Waals surface area contributed by atoms with Gasteiger partial charge in [-0.15, -0.1) is 0 Å². The van der Waals surface area contributed by atoms with Crippen LogP contribution >= 0.6 is 0 Å². The third-order valence-corrected chi connectivity index (χ3v) is 3.14. The number of hydrogen-bond donors (Lipinski definition) is 1. The number of imidazole rings is 1. The number of fused-ring (bicyclic) bond motifs is 3. The van der Waals surface area contributed by atoms with Crippen molar-refractivity contribution in [3.8, 4) is 11.3 Å². The summed E-state index contributed by atoms with van der Waals surface area (Å²) in [5, 5.41) is 10.3. The van der Waals surface area contributed by atoms with Crippen molar-refractivity contribution in [2.45, 2.75) is 25.5 Å². The lowest BCUT2D eigenvalue weighted by atomic mass is 9.91. The number of hydrogen-bond acceptors (Lipinski definition) is 2. The van der Waals surface area contributed by atoms with Crippen LogP contribution in [-0.2, 0) is 0 Å². The second-order valence-electron chi connectivity index (χ2n) is 4.83. The van der Waals surface area contributed by atoms with Gasteiger partial charge in [0.1, 0.15) is 0 Å². The molecule has 0 bridgehead atoms. The Kier molecular flexibility index (Phi) is 1.77. The summed E-state index contributed by atoms with van der Waals surface area (Å²) in [5.41, 5.74) is 2.64. The maximum atomic E-state index is 10.3. The zero-order chi connectivity index (χ0) is 11.3. The molecule has 0 aliphatic carbocycles. The first-order valence-corrected chi connectivity index (χ1v) is 5.42. The van der Waals surface area contributed by atoms with E-state index in [2.05, 4.69) is 17.1 Å². The Labute approximate surface area is 94.4 Å². The minimum atomic E-state index is -0.790. The van der Waals surface area contributed by atoms with Crippen molar-refractivity contribution in [2.24, 2.45) is 0 Å². The summed E-state index contributed by atoms with van der Waals surface area (Å²) in [5.74, 6) is 0. The summed E-state index contributed by atoms with van der Waals surface area (Å²) < 4.78 is 2.05. The molecule has 0 saturated carbocycles. The van der Waals surface area contributed by atoms with Crippen molar-refractivity contribution in [1.82, 2.24) is 9.55 Å². The molecule has 1 aliphatic rings. The van der Waals surface area contributed by atoms with Crippen LogP contribution < -0.4 is 0 Å². The van der Waals surface area contributed by atoms with Crippen LogP contribution in [0.15, 0.2) is 36.8 Å². The molecule has 3 rings (SSSR count). The average Bonchev–Trinajstić information content (AvgIpc) is 2.73. The summed E-state index contributed by atoms with van der Waals surface area (Å²) >= 11 is 0. The second-order valence-corrected chi connectivity index (χ2v) is 4.83. The van der Waals surface area contributed by atoms with Gasteiger partial charge < -0.3 is 9.67 Å². The van der Waals surface area contributed by atoms with Crippen LogP contribution in [0.1, 0.15) is 25.5 Å². The standard InChI is InChI=1S/C13H14N2O/c1-13(2,16)12-10-6-4-3-5-9(10)11-7-14-8-15(11)12/h3-8,12,16H,1-2H3/t12-/m1/s1. The van der Waals surface area contributed by atoms with E-state index in [-0.39, 0.29) is 6.04 Å². The average molecular weight is 214 g/mol. The fraction of sp³-hybridized carbons (Fsp3) is 0.308. The Bertz CT molecular complexity index is 537. The molecule has 0 fully saturated rings. The third-order valence-electron chi connectivity index (χ3n) is 3.14. The van der Waals surface area contributed by atoms with E-state index in [1.165, 1.54) is 11.1 Å². The van der Waals surface area contributed by atoms with Crippen molar-refractivity contribution < 1.29 is 5.11 Å². The largest absolute Gasteiger partial charge is 0.388 e. The van der Waals surface area contributed by atoms with Gasteiger partial charge in [0.2, 0.25) is 0 Å². The molecule has 2 heterocycles. The van der Waals surface area contributed by atoms with Crippen LogP contribution in [0.25, 0.3) is 11.3 Å². The van der Waals surface area contributed by atoms with Gasteiger partial charge in [-0.3, -0.25) is 0 Å². The summed E-state index contributed by atoms with van der Waals surface area (Å²) in [6.07, 6.45) is 3.64. The molecular weight excluding hydrogens is 200 g/mol. The molecule has 82 valence electrons. The molecule has 1 aliphatic heterocycles. The fourth-order valence-corrected chi connectivity index (χ4v) is 2.56. The van der Waals surface area contributed by atoms with Crippen LogP contribution in [0.4, 0.5) is 0 Å². The van der Waals surface area contributed by atoms with Crippen LogP contribution in [0.3, 0.4) is 0 Å². The normalized spacial score (nSPS) is 18.3. The third kappa shape index (κ3) is 1.15. The van der Waals surface area contributed by atoms with Gasteiger partial charge in [0.05, 0.1) is 29.9 Å². The fourth-order valence-electron chi connectivity index (χ4n) is 2.56. The molecule has 1 aromatic carbocycles. The molecule has 0 unspecified atom stereocenters. The van der Waals surface area contributed by atoms with Crippen molar-refractivity contribution in [3.63, 3.8) is 0 Å². The van der Waals surface area contributed by atoms with Crippen LogP contribution in [-0.4, -0.2) is 20.3 Å². The number of rotatable bonds is 1. The topological polar surface area (TPSA) is 38.1 Å². The first kappa shape index (κ1) is 9.60. The Hall–Kier alpha value is -1.61. The minimum Gasteiger partial charge on any atom is -0.388 e. The molecule has 1 atom stereocenters. The molecule has 0 radical (unpaired) electrons. The number of aliphatic hydroxyl groups is 1. The van der Waals surface area contributed by atoms with Crippen molar-refractivity contribution in [3.05, 3.63) is 42.4 Å². The smallest absolute Gasteiger partial charge is 0.0957 e. The van der Waals surface area contributed by atoms with E-state index in [0.717, 1.165) is 5.69 Å². The summed E-state index contributed by atoms with van der Waals surface area (Å²) in [4.78, 5) is 4.16. The van der Waals surface area contributed by atoms with E-state index in [4.69, 9.17) is 0 Å². The molecule has 3 nitrogen and oxygen atoms in total. The molecule has 0 amide bonds. The molecule has 1 N–H and O–H groups in total. The molecule has 0 saturated heterocycles. The molecule has 3 heteroatoms. The Morgan fingerprint density at radius 1 is 1.31 bits per heavy atom. The van der Waals surface area contributed by atoms with Crippen molar-refractivity contribution >= 4 is 0 Å². The Morgan fingerprint density at radius 2 is 2.06 bits per heavy atom. The minimum absolute atomic E-state index is 0.0406. The van der Waals surface area contributed by atoms with Gasteiger partial charge in [-0.05, 0) is 19.4 Å². The predicted octanol–water partition coefficient (Wildman–Crippen LogP) is 2.22. The molecule has 1 aromatic heterocycles. The zero-order valence-electron chi connectivity index (χ0n) is 9.38. The van der Waals surface area contributed by atoms with Gasteiger partial charge >= 0.3 is 0 Å². The lowest BCUT2D eigenvalue weighted by molar-refractivity contribution is 0.0418. The SMILES string of the molecule is CC(C)(O)[C@H]1c2ccccc2-c2cncn21. The molecular formula is C13H14N2O. The van der Waals surface area contributed by atoms with Crippen LogP contribution in [0.5, 0.6) is 0 Å². The van der Waals surface area contributed by atoms with E-state index >= 15 is 0 Å². The predicted molar refractivity (Wildman–Crippen MR) is 62.1 cm³/mol. The highest BCUT2D eigenvalue weighted by atomic mass is 16.3. The highest BCUT2D eigenvalue weighted by Crippen LogP contribution is 2.43. The monoisotopic (exact) mass is 214 g/mol. The van der Waals surface area contributed by atoms with E-state index in [9.17, 15) is 5.11 Å². The Balaban J connectivity index is 2.29. The van der Waals surface area contributed by atoms with E-state index in [1.807, 2.05) is 36.7 Å². The van der Waals surface area contributed by atoms with Gasteiger partial charge in [0.25, 0.3) is 0 Å². The van der Waals surface area contributed by atoms with E-state index in [1.54, 1.807) is 6.33 Å². The van der Waals surface area contributed by atoms with E-state index < -0.39 is 5.60 Å². The summed E-state index contributed by atoms with van der Waals surface area (Å²) in [6, 6.07) is 8.14. The van der Waals surface area contributed by atoms with Gasteiger partial charge in [-0.1, -0.05) is 24.3 Å². The summed E-state index contributed by atoms with van der Waals surface area (Å²) in [7, 11) is 0. The van der Waals surface area contributed by atoms with Crippen LogP contribution in [0, 0.1) is 0 Å². The van der Waals surface area contributed by atoms with Crippen molar-refractivity contribution in [2.75, 3.05) is 0 Å². The Morgan fingerprint density at radius 3 is 2.81 bits per heavy atom. The second kappa shape index (κ2) is 2.95. The molecule has 16 heavy (non-hydrogen) atoms. The highest BCUT2D eigenvalue weighted by Gasteiger charge is 2.37. The first-order chi connectivity index (χ1) is 7.59. The summed E-state index contributed by atoms with van der Waals surface area (Å²) in [6.45, 7) is 3.67. The first-order valence-electron chi connectivity index (χ1n) is 5.42. The van der Waals surface area contributed by atoms with Gasteiger partial charge in [-0.2, -0.15) is 0 Å². The lowest BCUT2D eigenvalue weighted by Gasteiger charge is -2.28.